The SMILES string of the molecule is CC(C(=O)O)N(C)Cc1ncc(Cl)s1. The van der Waals surface area contributed by atoms with E-state index in [4.69, 9.17) is 16.7 Å². The number of aliphatic carboxylic acids is 1. The highest BCUT2D eigenvalue weighted by Crippen LogP contribution is 2.19. The summed E-state index contributed by atoms with van der Waals surface area (Å²) in [5, 5.41) is 9.58. The number of carboxylic acids is 1. The zero-order valence-corrected chi connectivity index (χ0v) is 9.47. The normalized spacial score (nSPS) is 13.1. The van der Waals surface area contributed by atoms with E-state index in [-0.39, 0.29) is 0 Å². The summed E-state index contributed by atoms with van der Waals surface area (Å²) in [6.45, 7) is 2.14. The third-order valence-electron chi connectivity index (χ3n) is 1.93. The van der Waals surface area contributed by atoms with Crippen molar-refractivity contribution in [3.05, 3.63) is 15.5 Å². The molecule has 0 spiro atoms. The Morgan fingerprint density at radius 2 is 2.50 bits per heavy atom. The van der Waals surface area contributed by atoms with Crippen LogP contribution in [-0.4, -0.2) is 34.0 Å². The highest BCUT2D eigenvalue weighted by atomic mass is 35.5. The van der Waals surface area contributed by atoms with Gasteiger partial charge in [0.25, 0.3) is 0 Å². The lowest BCUT2D eigenvalue weighted by Gasteiger charge is -2.19. The predicted molar refractivity (Wildman–Crippen MR) is 55.7 cm³/mol. The van der Waals surface area contributed by atoms with E-state index in [0.29, 0.717) is 10.9 Å². The maximum absolute atomic E-state index is 10.7. The van der Waals surface area contributed by atoms with Crippen molar-refractivity contribution < 1.29 is 9.90 Å². The second-order valence-corrected chi connectivity index (χ2v) is 4.73. The molecule has 78 valence electrons. The maximum atomic E-state index is 10.7. The molecule has 0 aromatic carbocycles. The Bertz CT molecular complexity index is 329. The number of carboxylic acid groups (broad SMARTS) is 1. The van der Waals surface area contributed by atoms with Gasteiger partial charge < -0.3 is 5.11 Å². The van der Waals surface area contributed by atoms with Gasteiger partial charge in [-0.15, -0.1) is 11.3 Å². The van der Waals surface area contributed by atoms with Crippen molar-refractivity contribution in [3.8, 4) is 0 Å². The predicted octanol–water partition coefficient (Wildman–Crippen LogP) is 1.70. The molecule has 0 fully saturated rings. The van der Waals surface area contributed by atoms with Crippen molar-refractivity contribution in [1.82, 2.24) is 9.88 Å². The van der Waals surface area contributed by atoms with Crippen LogP contribution in [0.25, 0.3) is 0 Å². The van der Waals surface area contributed by atoms with Crippen LogP contribution in [-0.2, 0) is 11.3 Å². The van der Waals surface area contributed by atoms with Gasteiger partial charge in [0, 0.05) is 0 Å². The standard InChI is InChI=1S/C8H11ClN2O2S/c1-5(8(12)13)11(2)4-7-10-3-6(9)14-7/h3,5H,4H2,1-2H3,(H,12,13). The Hall–Kier alpha value is -0.650. The molecule has 1 aromatic heterocycles. The molecule has 14 heavy (non-hydrogen) atoms. The smallest absolute Gasteiger partial charge is 0.320 e. The highest BCUT2D eigenvalue weighted by molar-refractivity contribution is 7.15. The number of thiazole rings is 1. The lowest BCUT2D eigenvalue weighted by Crippen LogP contribution is -2.35. The van der Waals surface area contributed by atoms with E-state index in [1.54, 1.807) is 25.1 Å². The number of aromatic nitrogens is 1. The van der Waals surface area contributed by atoms with Crippen LogP contribution in [0.4, 0.5) is 0 Å². The highest BCUT2D eigenvalue weighted by Gasteiger charge is 2.17. The lowest BCUT2D eigenvalue weighted by molar-refractivity contribution is -0.142. The number of hydrogen-bond donors (Lipinski definition) is 1. The molecule has 0 radical (unpaired) electrons. The van der Waals surface area contributed by atoms with Gasteiger partial charge in [-0.05, 0) is 14.0 Å². The van der Waals surface area contributed by atoms with E-state index >= 15 is 0 Å². The van der Waals surface area contributed by atoms with Crippen molar-refractivity contribution in [1.29, 1.82) is 0 Å². The molecular weight excluding hydrogens is 224 g/mol. The van der Waals surface area contributed by atoms with Crippen molar-refractivity contribution in [3.63, 3.8) is 0 Å². The molecule has 0 saturated carbocycles. The summed E-state index contributed by atoms with van der Waals surface area (Å²) in [6.07, 6.45) is 1.57. The molecule has 1 heterocycles. The fourth-order valence-electron chi connectivity index (χ4n) is 0.900. The van der Waals surface area contributed by atoms with Gasteiger partial charge in [0.1, 0.15) is 15.4 Å². The Morgan fingerprint density at radius 3 is 2.93 bits per heavy atom. The van der Waals surface area contributed by atoms with Gasteiger partial charge in [-0.2, -0.15) is 0 Å². The molecule has 6 heteroatoms. The number of nitrogens with zero attached hydrogens (tertiary/aromatic N) is 2. The second kappa shape index (κ2) is 4.72. The Morgan fingerprint density at radius 1 is 1.86 bits per heavy atom. The van der Waals surface area contributed by atoms with Gasteiger partial charge in [-0.1, -0.05) is 11.6 Å². The minimum absolute atomic E-state index is 0.505. The van der Waals surface area contributed by atoms with Crippen molar-refractivity contribution in [2.75, 3.05) is 7.05 Å². The molecule has 0 aliphatic carbocycles. The summed E-state index contributed by atoms with van der Waals surface area (Å²) >= 11 is 7.07. The first-order valence-electron chi connectivity index (χ1n) is 4.04. The third-order valence-corrected chi connectivity index (χ3v) is 3.03. The fourth-order valence-corrected chi connectivity index (χ4v) is 1.92. The third kappa shape index (κ3) is 2.94. The molecule has 4 nitrogen and oxygen atoms in total. The molecule has 1 rings (SSSR count). The first-order valence-corrected chi connectivity index (χ1v) is 5.23. The Labute approximate surface area is 91.1 Å². The van der Waals surface area contributed by atoms with Crippen molar-refractivity contribution in [2.24, 2.45) is 0 Å². The Kier molecular flexibility index (Phi) is 3.86. The van der Waals surface area contributed by atoms with Crippen LogP contribution in [0.3, 0.4) is 0 Å². The average molecular weight is 235 g/mol. The lowest BCUT2D eigenvalue weighted by atomic mass is 10.3. The molecule has 1 atom stereocenters. The molecule has 1 N–H and O–H groups in total. The molecule has 1 unspecified atom stereocenters. The molecule has 0 amide bonds. The van der Waals surface area contributed by atoms with E-state index in [1.165, 1.54) is 11.3 Å². The second-order valence-electron chi connectivity index (χ2n) is 2.99. The van der Waals surface area contributed by atoms with Crippen LogP contribution in [0.15, 0.2) is 6.20 Å². The van der Waals surface area contributed by atoms with Gasteiger partial charge >= 0.3 is 5.97 Å². The zero-order chi connectivity index (χ0) is 10.7. The molecule has 0 bridgehead atoms. The fraction of sp³-hybridized carbons (Fsp3) is 0.500. The van der Waals surface area contributed by atoms with E-state index in [2.05, 4.69) is 4.98 Å². The van der Waals surface area contributed by atoms with Gasteiger partial charge in [-0.25, -0.2) is 4.98 Å². The summed E-state index contributed by atoms with van der Waals surface area (Å²) in [7, 11) is 1.74. The van der Waals surface area contributed by atoms with Crippen LogP contribution in [0.1, 0.15) is 11.9 Å². The summed E-state index contributed by atoms with van der Waals surface area (Å²) < 4.78 is 0.622. The maximum Gasteiger partial charge on any atom is 0.320 e. The van der Waals surface area contributed by atoms with E-state index in [0.717, 1.165) is 5.01 Å². The summed E-state index contributed by atoms with van der Waals surface area (Å²) in [5.41, 5.74) is 0. The molecule has 0 aliphatic rings. The number of halogens is 1. The van der Waals surface area contributed by atoms with Crippen molar-refractivity contribution in [2.45, 2.75) is 19.5 Å². The first-order chi connectivity index (χ1) is 6.50. The largest absolute Gasteiger partial charge is 0.480 e. The van der Waals surface area contributed by atoms with Crippen LogP contribution in [0, 0.1) is 0 Å². The molecule has 0 aliphatic heterocycles. The first kappa shape index (κ1) is 11.4. The van der Waals surface area contributed by atoms with Crippen LogP contribution < -0.4 is 0 Å². The number of likely N-dealkylation sites (N-methyl/N-ethyl adjacent to an activating group) is 1. The average Bonchev–Trinajstić information content (AvgIpc) is 2.49. The summed E-state index contributed by atoms with van der Waals surface area (Å²) in [5.74, 6) is -0.838. The van der Waals surface area contributed by atoms with Gasteiger partial charge in [0.15, 0.2) is 0 Å². The van der Waals surface area contributed by atoms with E-state index in [9.17, 15) is 4.79 Å². The van der Waals surface area contributed by atoms with E-state index in [1.807, 2.05) is 0 Å². The summed E-state index contributed by atoms with van der Waals surface area (Å²) in [4.78, 5) is 16.4. The van der Waals surface area contributed by atoms with Gasteiger partial charge in [-0.3, -0.25) is 9.69 Å². The minimum Gasteiger partial charge on any atom is -0.480 e. The molecule has 1 aromatic rings. The molecular formula is C8H11ClN2O2S. The zero-order valence-electron chi connectivity index (χ0n) is 7.90. The van der Waals surface area contributed by atoms with Gasteiger partial charge in [0.05, 0.1) is 12.7 Å². The monoisotopic (exact) mass is 234 g/mol. The number of carbonyl (C=O) groups is 1. The molecule has 0 saturated heterocycles. The summed E-state index contributed by atoms with van der Waals surface area (Å²) in [6, 6.07) is -0.516. The number of rotatable bonds is 4. The van der Waals surface area contributed by atoms with E-state index < -0.39 is 12.0 Å². The van der Waals surface area contributed by atoms with Crippen LogP contribution >= 0.6 is 22.9 Å². The van der Waals surface area contributed by atoms with Crippen LogP contribution in [0.5, 0.6) is 0 Å². The minimum atomic E-state index is -0.838. The van der Waals surface area contributed by atoms with Crippen LogP contribution in [0.2, 0.25) is 4.34 Å². The Balaban J connectivity index is 2.56. The number of hydrogen-bond acceptors (Lipinski definition) is 4. The topological polar surface area (TPSA) is 53.4 Å². The quantitative estimate of drug-likeness (QED) is 0.862. The van der Waals surface area contributed by atoms with Crippen molar-refractivity contribution >= 4 is 28.9 Å². The van der Waals surface area contributed by atoms with Gasteiger partial charge in [0.2, 0.25) is 0 Å².